The fourth-order valence-corrected chi connectivity index (χ4v) is 6.59. The number of halogens is 1. The predicted molar refractivity (Wildman–Crippen MR) is 118 cm³/mol. The molecule has 1 saturated heterocycles. The third-order valence-corrected chi connectivity index (χ3v) is 8.46. The van der Waals surface area contributed by atoms with Crippen LogP contribution in [0.4, 0.5) is 0 Å². The summed E-state index contributed by atoms with van der Waals surface area (Å²) < 4.78 is 0. The molecule has 2 saturated carbocycles. The summed E-state index contributed by atoms with van der Waals surface area (Å²) in [5.74, 6) is -1.53. The Bertz CT molecular complexity index is 1140. The minimum absolute atomic E-state index is 0.0388. The number of hydrogen-bond acceptors (Lipinski definition) is 5. The van der Waals surface area contributed by atoms with Crippen LogP contribution in [0.1, 0.15) is 26.5 Å². The van der Waals surface area contributed by atoms with E-state index in [0.717, 1.165) is 16.4 Å². The zero-order valence-electron chi connectivity index (χ0n) is 16.9. The van der Waals surface area contributed by atoms with Crippen molar-refractivity contribution in [3.63, 3.8) is 0 Å². The van der Waals surface area contributed by atoms with Gasteiger partial charge >= 0.3 is 0 Å². The molecule has 6 atom stereocenters. The number of carbonyl (C=O) groups excluding carboxylic acids is 4. The molecular formula is C24H19ClN2O4S. The number of amides is 3. The van der Waals surface area contributed by atoms with Crippen LogP contribution in [0.15, 0.2) is 53.9 Å². The van der Waals surface area contributed by atoms with Crippen molar-refractivity contribution in [1.82, 2.24) is 10.0 Å². The number of carbonyl (C=O) groups is 4. The summed E-state index contributed by atoms with van der Waals surface area (Å²) in [5.41, 5.74) is 0.257. The molecule has 6 nitrogen and oxygen atoms in total. The molecule has 32 heavy (non-hydrogen) atoms. The van der Waals surface area contributed by atoms with Crippen LogP contribution in [0.3, 0.4) is 0 Å². The number of benzene rings is 1. The van der Waals surface area contributed by atoms with E-state index < -0.39 is 17.7 Å². The van der Waals surface area contributed by atoms with Crippen molar-refractivity contribution in [3.8, 4) is 0 Å². The summed E-state index contributed by atoms with van der Waals surface area (Å²) in [6, 6.07) is 9.62. The van der Waals surface area contributed by atoms with Gasteiger partial charge in [0, 0.05) is 10.6 Å². The molecule has 2 aromatic rings. The van der Waals surface area contributed by atoms with Gasteiger partial charge in [-0.15, -0.1) is 11.3 Å². The molecule has 7 rings (SSSR count). The summed E-state index contributed by atoms with van der Waals surface area (Å²) in [6.45, 7) is -0.380. The van der Waals surface area contributed by atoms with Gasteiger partial charge in [0.15, 0.2) is 5.78 Å². The number of allylic oxidation sites excluding steroid dienone is 2. The lowest BCUT2D eigenvalue weighted by atomic mass is 9.63. The molecule has 162 valence electrons. The lowest BCUT2D eigenvalue weighted by Crippen LogP contribution is -2.52. The van der Waals surface area contributed by atoms with Gasteiger partial charge in [-0.25, -0.2) is 5.01 Å². The number of thiophene rings is 1. The highest BCUT2D eigenvalue weighted by Crippen LogP contribution is 2.65. The van der Waals surface area contributed by atoms with Crippen molar-refractivity contribution >= 4 is 46.4 Å². The number of imide groups is 1. The smallest absolute Gasteiger partial charge is 0.273 e. The van der Waals surface area contributed by atoms with Crippen LogP contribution in [0.2, 0.25) is 5.02 Å². The average molecular weight is 467 g/mol. The molecule has 8 heteroatoms. The van der Waals surface area contributed by atoms with Crippen molar-refractivity contribution in [3.05, 3.63) is 69.4 Å². The molecular weight excluding hydrogens is 448 g/mol. The van der Waals surface area contributed by atoms with E-state index in [1.807, 2.05) is 0 Å². The first kappa shape index (κ1) is 19.9. The Morgan fingerprint density at radius 2 is 1.62 bits per heavy atom. The molecule has 2 bridgehead atoms. The van der Waals surface area contributed by atoms with Gasteiger partial charge in [0.25, 0.3) is 17.7 Å². The van der Waals surface area contributed by atoms with E-state index in [1.165, 1.54) is 23.5 Å². The normalized spacial score (nSPS) is 31.5. The minimum atomic E-state index is -0.572. The van der Waals surface area contributed by atoms with Gasteiger partial charge in [0.1, 0.15) is 6.54 Å². The quantitative estimate of drug-likeness (QED) is 0.382. The Hall–Kier alpha value is -2.77. The third kappa shape index (κ3) is 2.84. The molecule has 3 amide bonds. The van der Waals surface area contributed by atoms with Crippen molar-refractivity contribution in [2.75, 3.05) is 6.54 Å². The van der Waals surface area contributed by atoms with Gasteiger partial charge in [-0.05, 0) is 65.8 Å². The number of nitrogens with zero attached hydrogens (tertiary/aromatic N) is 2. The zero-order chi connectivity index (χ0) is 22.1. The van der Waals surface area contributed by atoms with E-state index in [9.17, 15) is 19.2 Å². The van der Waals surface area contributed by atoms with Crippen LogP contribution < -0.4 is 0 Å². The molecule has 5 aliphatic rings. The number of rotatable bonds is 5. The van der Waals surface area contributed by atoms with E-state index in [0.29, 0.717) is 21.7 Å². The van der Waals surface area contributed by atoms with Gasteiger partial charge in [0.05, 0.1) is 16.7 Å². The first-order valence-electron chi connectivity index (χ1n) is 10.7. The fourth-order valence-electron chi connectivity index (χ4n) is 5.81. The number of Topliss-reactive ketones (excluding diaryl/α,β-unsaturated/α-hetero) is 1. The molecule has 3 fully saturated rings. The van der Waals surface area contributed by atoms with Crippen molar-refractivity contribution in [2.45, 2.75) is 6.42 Å². The molecule has 1 aromatic carbocycles. The second-order valence-electron chi connectivity index (χ2n) is 8.91. The van der Waals surface area contributed by atoms with Crippen LogP contribution in [-0.4, -0.2) is 40.1 Å². The minimum Gasteiger partial charge on any atom is -0.291 e. The Labute approximate surface area is 193 Å². The molecule has 0 unspecified atom stereocenters. The predicted octanol–water partition coefficient (Wildman–Crippen LogP) is 3.69. The lowest BCUT2D eigenvalue weighted by Gasteiger charge is -2.37. The van der Waals surface area contributed by atoms with E-state index in [-0.39, 0.29) is 41.5 Å². The second kappa shape index (κ2) is 7.12. The van der Waals surface area contributed by atoms with Crippen molar-refractivity contribution in [1.29, 1.82) is 0 Å². The maximum Gasteiger partial charge on any atom is 0.273 e. The first-order chi connectivity index (χ1) is 15.5. The number of hydrazine groups is 1. The molecule has 4 aliphatic carbocycles. The van der Waals surface area contributed by atoms with Gasteiger partial charge < -0.3 is 0 Å². The zero-order valence-corrected chi connectivity index (χ0v) is 18.5. The Balaban J connectivity index is 1.37. The van der Waals surface area contributed by atoms with Gasteiger partial charge in [-0.2, -0.15) is 5.01 Å². The van der Waals surface area contributed by atoms with E-state index in [1.54, 1.807) is 29.6 Å². The Morgan fingerprint density at radius 1 is 1.00 bits per heavy atom. The van der Waals surface area contributed by atoms with Gasteiger partial charge in [-0.3, -0.25) is 19.2 Å². The van der Waals surface area contributed by atoms with Crippen molar-refractivity contribution in [2.24, 2.45) is 35.5 Å². The summed E-state index contributed by atoms with van der Waals surface area (Å²) in [7, 11) is 0. The summed E-state index contributed by atoms with van der Waals surface area (Å²) in [5, 5.41) is 4.24. The Morgan fingerprint density at radius 3 is 2.19 bits per heavy atom. The second-order valence-corrected chi connectivity index (χ2v) is 10.3. The SMILES string of the molecule is O=C(CN(C(=O)c1ccc(Cl)cc1)N1C(=O)[C@@H]2[C@H]3C=C[C@H]([C@@H]4C[C@H]34)[C@@H]2C1=O)c1cccs1. The topological polar surface area (TPSA) is 74.8 Å². The molecule has 0 radical (unpaired) electrons. The molecule has 1 aliphatic heterocycles. The number of ketones is 1. The van der Waals surface area contributed by atoms with E-state index in [4.69, 9.17) is 11.6 Å². The summed E-state index contributed by atoms with van der Waals surface area (Å²) in [4.78, 5) is 54.0. The number of hydrogen-bond donors (Lipinski definition) is 0. The highest BCUT2D eigenvalue weighted by atomic mass is 35.5. The molecule has 0 N–H and O–H groups in total. The average Bonchev–Trinajstić information content (AvgIpc) is 3.36. The van der Waals surface area contributed by atoms with Gasteiger partial charge in [0.2, 0.25) is 0 Å². The highest BCUT2D eigenvalue weighted by molar-refractivity contribution is 7.12. The monoisotopic (exact) mass is 466 g/mol. The van der Waals surface area contributed by atoms with Crippen molar-refractivity contribution < 1.29 is 19.2 Å². The summed E-state index contributed by atoms with van der Waals surface area (Å²) >= 11 is 7.22. The standard InChI is InChI=1S/C24H19ClN2O4S/c25-13-5-3-12(4-6-13)22(29)26(11-18(28)19-2-1-9-32-19)27-23(30)20-14-7-8-15(17-10-16(14)17)21(20)24(27)31/h1-9,14-17,20-21H,10-11H2/t14-,15+,16+,17-,20+,21-. The van der Waals surface area contributed by atoms with Crippen LogP contribution in [0.25, 0.3) is 0 Å². The third-order valence-electron chi connectivity index (χ3n) is 7.30. The van der Waals surface area contributed by atoms with Crippen LogP contribution in [-0.2, 0) is 9.59 Å². The summed E-state index contributed by atoms with van der Waals surface area (Å²) in [6.07, 6.45) is 5.22. The van der Waals surface area contributed by atoms with Gasteiger partial charge in [-0.1, -0.05) is 29.8 Å². The largest absolute Gasteiger partial charge is 0.291 e. The highest BCUT2D eigenvalue weighted by Gasteiger charge is 2.68. The lowest BCUT2D eigenvalue weighted by molar-refractivity contribution is -0.154. The molecule has 1 aromatic heterocycles. The molecule has 0 spiro atoms. The van der Waals surface area contributed by atoms with E-state index >= 15 is 0 Å². The fraction of sp³-hybridized carbons (Fsp3) is 0.333. The van der Waals surface area contributed by atoms with E-state index in [2.05, 4.69) is 12.2 Å². The first-order valence-corrected chi connectivity index (χ1v) is 11.9. The van der Waals surface area contributed by atoms with Crippen LogP contribution >= 0.6 is 22.9 Å². The molecule has 2 heterocycles. The maximum atomic E-state index is 13.6. The maximum absolute atomic E-state index is 13.6. The van der Waals surface area contributed by atoms with Crippen LogP contribution in [0.5, 0.6) is 0 Å². The van der Waals surface area contributed by atoms with Crippen LogP contribution in [0, 0.1) is 35.5 Å². The Kier molecular flexibility index (Phi) is 4.42.